The summed E-state index contributed by atoms with van der Waals surface area (Å²) in [6, 6.07) is 0. The van der Waals surface area contributed by atoms with Crippen molar-refractivity contribution in [2.75, 3.05) is 20.8 Å². The number of hydrogen-bond acceptors (Lipinski definition) is 5. The highest BCUT2D eigenvalue weighted by Gasteiger charge is 2.53. The van der Waals surface area contributed by atoms with E-state index >= 15 is 0 Å². The number of carbonyl (C=O) groups excluding carboxylic acids is 1. The van der Waals surface area contributed by atoms with Crippen LogP contribution in [0.2, 0.25) is 0 Å². The van der Waals surface area contributed by atoms with Crippen LogP contribution in [0.4, 0.5) is 0 Å². The van der Waals surface area contributed by atoms with Gasteiger partial charge in [-0.05, 0) is 39.5 Å². The van der Waals surface area contributed by atoms with Crippen LogP contribution >= 0.6 is 34.8 Å². The van der Waals surface area contributed by atoms with Gasteiger partial charge in [-0.15, -0.1) is 0 Å². The van der Waals surface area contributed by atoms with Crippen LogP contribution in [0, 0.1) is 5.92 Å². The monoisotopic (exact) mass is 429 g/mol. The molecule has 1 aliphatic carbocycles. The predicted octanol–water partition coefficient (Wildman–Crippen LogP) is 3.34. The van der Waals surface area contributed by atoms with Crippen molar-refractivity contribution in [1.82, 2.24) is 5.32 Å². The Morgan fingerprint density at radius 1 is 1.19 bits per heavy atom. The molecule has 150 valence electrons. The predicted molar refractivity (Wildman–Crippen MR) is 100 cm³/mol. The standard InChI is InChI=1S/C17H26Cl3NO5/c1-14(11-6-7-11,21-13(22)17(18,19)20)9-8-12-10-25-15(2,23-4)16(3,24-5)26-12/h8-9,11-12H,6-7,10H2,1-5H3,(H,21,22)/b9-8+/t12-,14+,15-,16-/m1/s1. The van der Waals surface area contributed by atoms with Gasteiger partial charge in [0, 0.05) is 14.2 Å². The maximum atomic E-state index is 12.1. The first kappa shape index (κ1) is 22.2. The molecule has 9 heteroatoms. The number of alkyl halides is 3. The molecule has 0 aromatic rings. The Labute approximate surface area is 169 Å². The van der Waals surface area contributed by atoms with Gasteiger partial charge in [-0.3, -0.25) is 4.79 Å². The molecule has 0 spiro atoms. The summed E-state index contributed by atoms with van der Waals surface area (Å²) in [5, 5.41) is 2.82. The van der Waals surface area contributed by atoms with E-state index in [2.05, 4.69) is 5.32 Å². The molecule has 0 aromatic carbocycles. The van der Waals surface area contributed by atoms with Crippen molar-refractivity contribution in [1.29, 1.82) is 0 Å². The van der Waals surface area contributed by atoms with Gasteiger partial charge < -0.3 is 24.3 Å². The second-order valence-corrected chi connectivity index (χ2v) is 9.42. The summed E-state index contributed by atoms with van der Waals surface area (Å²) in [6.07, 6.45) is 5.30. The molecule has 4 atom stereocenters. The molecular weight excluding hydrogens is 405 g/mol. The average Bonchev–Trinajstić information content (AvgIpc) is 3.40. The van der Waals surface area contributed by atoms with Crippen molar-refractivity contribution in [2.45, 2.75) is 60.6 Å². The van der Waals surface area contributed by atoms with Crippen LogP contribution < -0.4 is 5.32 Å². The Morgan fingerprint density at radius 2 is 1.77 bits per heavy atom. The van der Waals surface area contributed by atoms with Crippen LogP contribution in [0.15, 0.2) is 12.2 Å². The fourth-order valence-corrected chi connectivity index (χ4v) is 3.10. The molecule has 2 aliphatic rings. The third-order valence-corrected chi connectivity index (χ3v) is 5.74. The molecule has 1 saturated carbocycles. The van der Waals surface area contributed by atoms with Gasteiger partial charge in [0.15, 0.2) is 0 Å². The SMILES string of the molecule is CO[C@]1(C)OC[C@@H](/C=C/[C@](C)(NC(=O)C(Cl)(Cl)Cl)C2CC2)O[C@@]1(C)OC. The minimum atomic E-state index is -2.01. The Kier molecular flexibility index (Phi) is 6.61. The second kappa shape index (κ2) is 7.74. The summed E-state index contributed by atoms with van der Waals surface area (Å²) in [5.41, 5.74) is -0.643. The Morgan fingerprint density at radius 3 is 2.23 bits per heavy atom. The van der Waals surface area contributed by atoms with Crippen molar-refractivity contribution in [3.8, 4) is 0 Å². The maximum Gasteiger partial charge on any atom is 0.272 e. The topological polar surface area (TPSA) is 66.0 Å². The zero-order valence-electron chi connectivity index (χ0n) is 15.6. The zero-order valence-corrected chi connectivity index (χ0v) is 17.9. The fourth-order valence-electron chi connectivity index (χ4n) is 2.96. The van der Waals surface area contributed by atoms with E-state index in [1.54, 1.807) is 13.8 Å². The molecule has 0 bridgehead atoms. The third kappa shape index (κ3) is 4.66. The van der Waals surface area contributed by atoms with Crippen LogP contribution in [-0.4, -0.2) is 53.7 Å². The molecule has 2 fully saturated rings. The first-order valence-electron chi connectivity index (χ1n) is 8.40. The smallest absolute Gasteiger partial charge is 0.272 e. The third-order valence-electron chi connectivity index (χ3n) is 5.23. The van der Waals surface area contributed by atoms with E-state index in [9.17, 15) is 4.79 Å². The molecule has 1 N–H and O–H groups in total. The van der Waals surface area contributed by atoms with Crippen molar-refractivity contribution < 1.29 is 23.7 Å². The molecule has 2 rings (SSSR count). The highest BCUT2D eigenvalue weighted by atomic mass is 35.6. The van der Waals surface area contributed by atoms with Crippen molar-refractivity contribution in [3.63, 3.8) is 0 Å². The van der Waals surface area contributed by atoms with Gasteiger partial charge in [0.25, 0.3) is 9.70 Å². The molecule has 0 radical (unpaired) electrons. The number of hydrogen-bond donors (Lipinski definition) is 1. The van der Waals surface area contributed by atoms with Crippen LogP contribution in [0.5, 0.6) is 0 Å². The summed E-state index contributed by atoms with van der Waals surface area (Å²) < 4.78 is 20.8. The van der Waals surface area contributed by atoms with E-state index < -0.39 is 26.8 Å². The normalized spacial score (nSPS) is 35.3. The van der Waals surface area contributed by atoms with E-state index in [0.717, 1.165) is 12.8 Å². The van der Waals surface area contributed by atoms with Crippen LogP contribution in [-0.2, 0) is 23.7 Å². The van der Waals surface area contributed by atoms with Crippen LogP contribution in [0.3, 0.4) is 0 Å². The number of ether oxygens (including phenoxy) is 4. The van der Waals surface area contributed by atoms with Gasteiger partial charge >= 0.3 is 0 Å². The van der Waals surface area contributed by atoms with E-state index in [0.29, 0.717) is 0 Å². The summed E-state index contributed by atoms with van der Waals surface area (Å²) in [5.74, 6) is -2.50. The minimum absolute atomic E-state index is 0.276. The van der Waals surface area contributed by atoms with Crippen LogP contribution in [0.25, 0.3) is 0 Å². The molecule has 1 aliphatic heterocycles. The lowest BCUT2D eigenvalue weighted by Gasteiger charge is -2.48. The number of carbonyl (C=O) groups is 1. The number of amides is 1. The molecule has 1 heterocycles. The Bertz CT molecular complexity index is 565. The van der Waals surface area contributed by atoms with Gasteiger partial charge in [0.2, 0.25) is 11.6 Å². The lowest BCUT2D eigenvalue weighted by Crippen LogP contribution is -2.62. The fraction of sp³-hybridized carbons (Fsp3) is 0.824. The summed E-state index contributed by atoms with van der Waals surface area (Å²) in [6.45, 7) is 5.68. The highest BCUT2D eigenvalue weighted by Crippen LogP contribution is 2.42. The minimum Gasteiger partial charge on any atom is -0.349 e. The van der Waals surface area contributed by atoms with Gasteiger partial charge in [-0.25, -0.2) is 0 Å². The van der Waals surface area contributed by atoms with Gasteiger partial charge in [-0.2, -0.15) is 0 Å². The van der Waals surface area contributed by atoms with E-state index in [-0.39, 0.29) is 18.6 Å². The second-order valence-electron chi connectivity index (χ2n) is 7.13. The summed E-state index contributed by atoms with van der Waals surface area (Å²) in [4.78, 5) is 12.1. The number of nitrogens with one attached hydrogen (secondary N) is 1. The quantitative estimate of drug-likeness (QED) is 0.517. The average molecular weight is 431 g/mol. The highest BCUT2D eigenvalue weighted by molar-refractivity contribution is 6.76. The van der Waals surface area contributed by atoms with E-state index in [1.165, 1.54) is 14.2 Å². The molecule has 1 saturated heterocycles. The van der Waals surface area contributed by atoms with Gasteiger partial charge in [-0.1, -0.05) is 47.0 Å². The van der Waals surface area contributed by atoms with E-state index in [1.807, 2.05) is 19.1 Å². The van der Waals surface area contributed by atoms with Gasteiger partial charge in [0.1, 0.15) is 6.10 Å². The largest absolute Gasteiger partial charge is 0.349 e. The number of methoxy groups -OCH3 is 2. The maximum absolute atomic E-state index is 12.1. The van der Waals surface area contributed by atoms with Gasteiger partial charge in [0.05, 0.1) is 12.1 Å². The molecule has 26 heavy (non-hydrogen) atoms. The molecular formula is C17H26Cl3NO5. The van der Waals surface area contributed by atoms with Crippen LogP contribution in [0.1, 0.15) is 33.6 Å². The molecule has 1 amide bonds. The number of halogens is 3. The molecule has 0 unspecified atom stereocenters. The number of rotatable bonds is 6. The molecule has 0 aromatic heterocycles. The lowest BCUT2D eigenvalue weighted by atomic mass is 9.94. The lowest BCUT2D eigenvalue weighted by molar-refractivity contribution is -0.425. The Hall–Kier alpha value is -0.0800. The summed E-state index contributed by atoms with van der Waals surface area (Å²) in [7, 11) is 3.06. The Balaban J connectivity index is 2.12. The van der Waals surface area contributed by atoms with Crippen molar-refractivity contribution in [2.24, 2.45) is 5.92 Å². The van der Waals surface area contributed by atoms with E-state index in [4.69, 9.17) is 53.8 Å². The first-order valence-corrected chi connectivity index (χ1v) is 9.53. The van der Waals surface area contributed by atoms with Crippen molar-refractivity contribution in [3.05, 3.63) is 12.2 Å². The zero-order chi connectivity index (χ0) is 19.8. The molecule has 6 nitrogen and oxygen atoms in total. The first-order chi connectivity index (χ1) is 11.9. The van der Waals surface area contributed by atoms with Crippen molar-refractivity contribution >= 4 is 40.7 Å². The summed E-state index contributed by atoms with van der Waals surface area (Å²) >= 11 is 17.1.